The molecule has 3 fully saturated rings. The minimum absolute atomic E-state index is 0.131. The van der Waals surface area contributed by atoms with Gasteiger partial charge >= 0.3 is 0 Å². The van der Waals surface area contributed by atoms with Crippen molar-refractivity contribution in [2.24, 2.45) is 34.5 Å². The lowest BCUT2D eigenvalue weighted by molar-refractivity contribution is -0.125. The van der Waals surface area contributed by atoms with Gasteiger partial charge in [-0.15, -0.1) is 0 Å². The Morgan fingerprint density at radius 2 is 1.96 bits per heavy atom. The lowest BCUT2D eigenvalue weighted by Gasteiger charge is -2.59. The molecule has 4 rings (SSSR count). The monoisotopic (exact) mass is 332 g/mol. The largest absolute Gasteiger partial charge is 0.393 e. The van der Waals surface area contributed by atoms with Gasteiger partial charge in [-0.1, -0.05) is 45.3 Å². The van der Waals surface area contributed by atoms with Crippen LogP contribution >= 0.6 is 0 Å². The van der Waals surface area contributed by atoms with Crippen molar-refractivity contribution in [3.8, 4) is 0 Å². The lowest BCUT2D eigenvalue weighted by atomic mass is 9.46. The average Bonchev–Trinajstić information content (AvgIpc) is 2.84. The average molecular weight is 333 g/mol. The smallest absolute Gasteiger partial charge is 0.0585 e. The van der Waals surface area contributed by atoms with Crippen LogP contribution in [0.4, 0.5) is 0 Å². The first-order valence-electron chi connectivity index (χ1n) is 10.5. The fraction of sp³-hybridized carbons (Fsp3) is 0.909. The Balaban J connectivity index is 1.68. The van der Waals surface area contributed by atoms with Crippen molar-refractivity contribution in [1.29, 1.82) is 0 Å². The molecule has 136 valence electrons. The van der Waals surface area contributed by atoms with E-state index in [4.69, 9.17) is 0 Å². The number of hydrogen-bond donors (Lipinski definition) is 2. The molecule has 0 aromatic carbocycles. The summed E-state index contributed by atoms with van der Waals surface area (Å²) < 4.78 is 0. The molecule has 2 nitrogen and oxygen atoms in total. The van der Waals surface area contributed by atoms with E-state index in [1.54, 1.807) is 0 Å². The quantitative estimate of drug-likeness (QED) is 0.720. The number of fused-ring (bicyclic) bond motifs is 5. The molecule has 0 radical (unpaired) electrons. The highest BCUT2D eigenvalue weighted by molar-refractivity contribution is 5.26. The zero-order chi connectivity index (χ0) is 17.1. The molecule has 0 heterocycles. The standard InChI is InChI=1S/C22H36O2/c1-4-5-14-7-9-18-17-8-6-15-12-16(23)10-11-21(15,2)20(17)19(24)13-22(14,18)3/h6,14,16-20,23-24H,4-5,7-13H2,1-3H3/t14-,16-,17?,18?,19-,20?,21-,22+/m0/s1. The molecule has 0 bridgehead atoms. The van der Waals surface area contributed by atoms with E-state index in [1.165, 1.54) is 31.3 Å². The first-order valence-corrected chi connectivity index (χ1v) is 10.5. The predicted molar refractivity (Wildman–Crippen MR) is 97.5 cm³/mol. The van der Waals surface area contributed by atoms with Gasteiger partial charge in [-0.05, 0) is 79.4 Å². The fourth-order valence-electron chi connectivity index (χ4n) is 7.70. The fourth-order valence-corrected chi connectivity index (χ4v) is 7.70. The third kappa shape index (κ3) is 2.28. The van der Waals surface area contributed by atoms with Crippen molar-refractivity contribution in [2.75, 3.05) is 0 Å². The molecule has 0 aromatic heterocycles. The van der Waals surface area contributed by atoms with Gasteiger partial charge in [-0.25, -0.2) is 0 Å². The summed E-state index contributed by atoms with van der Waals surface area (Å²) in [6.45, 7) is 7.20. The highest BCUT2D eigenvalue weighted by Crippen LogP contribution is 2.66. The number of allylic oxidation sites excluding steroid dienone is 1. The molecule has 8 atom stereocenters. The molecule has 0 spiro atoms. The third-order valence-corrected chi connectivity index (χ3v) is 8.84. The second kappa shape index (κ2) is 5.84. The summed E-state index contributed by atoms with van der Waals surface area (Å²) in [5, 5.41) is 21.4. The zero-order valence-corrected chi connectivity index (χ0v) is 15.8. The summed E-state index contributed by atoms with van der Waals surface area (Å²) >= 11 is 0. The summed E-state index contributed by atoms with van der Waals surface area (Å²) in [6, 6.07) is 0. The van der Waals surface area contributed by atoms with Crippen molar-refractivity contribution in [1.82, 2.24) is 0 Å². The Bertz CT molecular complexity index is 526. The van der Waals surface area contributed by atoms with E-state index < -0.39 is 0 Å². The molecule has 2 heteroatoms. The number of aliphatic hydroxyl groups excluding tert-OH is 2. The molecule has 4 aliphatic carbocycles. The van der Waals surface area contributed by atoms with E-state index >= 15 is 0 Å². The topological polar surface area (TPSA) is 40.5 Å². The first kappa shape index (κ1) is 17.1. The van der Waals surface area contributed by atoms with Gasteiger partial charge in [0.25, 0.3) is 0 Å². The molecule has 3 unspecified atom stereocenters. The van der Waals surface area contributed by atoms with Gasteiger partial charge in [0, 0.05) is 0 Å². The Kier molecular flexibility index (Phi) is 4.16. The molecular formula is C22H36O2. The number of hydrogen-bond acceptors (Lipinski definition) is 2. The summed E-state index contributed by atoms with van der Waals surface area (Å²) in [7, 11) is 0. The molecule has 24 heavy (non-hydrogen) atoms. The molecular weight excluding hydrogens is 296 g/mol. The minimum Gasteiger partial charge on any atom is -0.393 e. The SMILES string of the molecule is CCC[C@H]1CCC2C3CC=C4C[C@@H](O)CC[C@]4(C)C3[C@@H](O)C[C@@]21C. The van der Waals surface area contributed by atoms with Gasteiger partial charge in [-0.3, -0.25) is 0 Å². The Morgan fingerprint density at radius 1 is 1.17 bits per heavy atom. The van der Waals surface area contributed by atoms with E-state index in [-0.39, 0.29) is 17.6 Å². The third-order valence-electron chi connectivity index (χ3n) is 8.84. The van der Waals surface area contributed by atoms with Crippen LogP contribution in [0.1, 0.15) is 78.6 Å². The van der Waals surface area contributed by atoms with Gasteiger partial charge < -0.3 is 10.2 Å². The highest BCUT2D eigenvalue weighted by Gasteiger charge is 2.61. The number of rotatable bonds is 2. The van der Waals surface area contributed by atoms with Gasteiger partial charge in [-0.2, -0.15) is 0 Å². The second-order valence-electron chi connectivity index (χ2n) is 9.92. The lowest BCUT2D eigenvalue weighted by Crippen LogP contribution is -2.56. The highest BCUT2D eigenvalue weighted by atomic mass is 16.3. The Labute approximate surface area is 147 Å². The van der Waals surface area contributed by atoms with Crippen LogP contribution < -0.4 is 0 Å². The van der Waals surface area contributed by atoms with Crippen molar-refractivity contribution in [2.45, 2.75) is 90.8 Å². The van der Waals surface area contributed by atoms with Gasteiger partial charge in [0.05, 0.1) is 12.2 Å². The maximum atomic E-state index is 11.3. The maximum Gasteiger partial charge on any atom is 0.0585 e. The van der Waals surface area contributed by atoms with E-state index in [2.05, 4.69) is 26.8 Å². The molecule has 0 aromatic rings. The zero-order valence-electron chi connectivity index (χ0n) is 15.8. The van der Waals surface area contributed by atoms with E-state index in [9.17, 15) is 10.2 Å². The molecule has 2 N–H and O–H groups in total. The molecule has 0 aliphatic heterocycles. The molecule has 3 saturated carbocycles. The molecule has 4 aliphatic rings. The van der Waals surface area contributed by atoms with Crippen LogP contribution in [0.3, 0.4) is 0 Å². The van der Waals surface area contributed by atoms with Crippen molar-refractivity contribution in [3.05, 3.63) is 11.6 Å². The minimum atomic E-state index is -0.160. The first-order chi connectivity index (χ1) is 11.4. The normalized spacial score (nSPS) is 53.8. The predicted octanol–water partition coefficient (Wildman–Crippen LogP) is 4.70. The van der Waals surface area contributed by atoms with Gasteiger partial charge in [0.2, 0.25) is 0 Å². The van der Waals surface area contributed by atoms with Crippen LogP contribution in [-0.4, -0.2) is 22.4 Å². The van der Waals surface area contributed by atoms with E-state index in [0.717, 1.165) is 43.9 Å². The Morgan fingerprint density at radius 3 is 2.71 bits per heavy atom. The van der Waals surface area contributed by atoms with Gasteiger partial charge in [0.15, 0.2) is 0 Å². The summed E-state index contributed by atoms with van der Waals surface area (Å²) in [6.07, 6.45) is 12.5. The van der Waals surface area contributed by atoms with Crippen LogP contribution in [-0.2, 0) is 0 Å². The molecule has 0 saturated heterocycles. The van der Waals surface area contributed by atoms with E-state index in [1.807, 2.05) is 0 Å². The second-order valence-corrected chi connectivity index (χ2v) is 9.92. The summed E-state index contributed by atoms with van der Waals surface area (Å²) in [5.41, 5.74) is 1.94. The summed E-state index contributed by atoms with van der Waals surface area (Å²) in [5.74, 6) is 2.69. The van der Waals surface area contributed by atoms with Crippen LogP contribution in [0.15, 0.2) is 11.6 Å². The van der Waals surface area contributed by atoms with Crippen LogP contribution in [0.25, 0.3) is 0 Å². The molecule has 0 amide bonds. The number of aliphatic hydroxyl groups is 2. The van der Waals surface area contributed by atoms with Crippen molar-refractivity contribution >= 4 is 0 Å². The van der Waals surface area contributed by atoms with E-state index in [0.29, 0.717) is 17.3 Å². The summed E-state index contributed by atoms with van der Waals surface area (Å²) in [4.78, 5) is 0. The van der Waals surface area contributed by atoms with Crippen molar-refractivity contribution in [3.63, 3.8) is 0 Å². The van der Waals surface area contributed by atoms with Crippen molar-refractivity contribution < 1.29 is 10.2 Å². The van der Waals surface area contributed by atoms with Gasteiger partial charge in [0.1, 0.15) is 0 Å². The maximum absolute atomic E-state index is 11.3. The van der Waals surface area contributed by atoms with Crippen LogP contribution in [0.2, 0.25) is 0 Å². The Hall–Kier alpha value is -0.340. The van der Waals surface area contributed by atoms with Crippen LogP contribution in [0, 0.1) is 34.5 Å². The van der Waals surface area contributed by atoms with Crippen LogP contribution in [0.5, 0.6) is 0 Å².